The van der Waals surface area contributed by atoms with E-state index >= 15 is 4.39 Å². The van der Waals surface area contributed by atoms with Crippen molar-refractivity contribution >= 4 is 33.4 Å². The van der Waals surface area contributed by atoms with Crippen molar-refractivity contribution in [2.45, 2.75) is 56.4 Å². The van der Waals surface area contributed by atoms with Crippen LogP contribution in [0.15, 0.2) is 48.7 Å². The number of rotatable bonds is 9. The number of hydrogen-bond donors (Lipinski definition) is 1. The number of benzene rings is 2. The summed E-state index contributed by atoms with van der Waals surface area (Å²) < 4.78 is 58.1. The van der Waals surface area contributed by atoms with Gasteiger partial charge in [-0.1, -0.05) is 36.3 Å². The van der Waals surface area contributed by atoms with Gasteiger partial charge in [0.2, 0.25) is 5.91 Å². The first kappa shape index (κ1) is 36.2. The number of morpholine rings is 1. The summed E-state index contributed by atoms with van der Waals surface area (Å²) in [4.78, 5) is 33.3. The molecule has 3 unspecified atom stereocenters. The summed E-state index contributed by atoms with van der Waals surface area (Å²) in [5, 5.41) is 4.49. The molecule has 4 aliphatic heterocycles. The number of hydrogen-bond acceptors (Lipinski definition) is 9. The summed E-state index contributed by atoms with van der Waals surface area (Å²) in [7, 11) is 1.86. The van der Waals surface area contributed by atoms with Gasteiger partial charge in [-0.2, -0.15) is 9.97 Å². The lowest BCUT2D eigenvalue weighted by Gasteiger charge is -2.52. The van der Waals surface area contributed by atoms with Gasteiger partial charge < -0.3 is 24.6 Å². The van der Waals surface area contributed by atoms with Crippen molar-refractivity contribution in [1.29, 1.82) is 0 Å². The van der Waals surface area contributed by atoms with Crippen molar-refractivity contribution in [1.82, 2.24) is 30.1 Å². The molecule has 2 aromatic carbocycles. The van der Waals surface area contributed by atoms with Gasteiger partial charge in [-0.3, -0.25) is 14.7 Å². The Kier molecular flexibility index (Phi) is 10.4. The van der Waals surface area contributed by atoms with E-state index in [1.165, 1.54) is 12.3 Å². The van der Waals surface area contributed by atoms with E-state index in [4.69, 9.17) is 20.9 Å². The van der Waals surface area contributed by atoms with Crippen LogP contribution in [0.1, 0.15) is 37.7 Å². The number of alkyl halides is 1. The van der Waals surface area contributed by atoms with Crippen LogP contribution < -0.4 is 15.0 Å². The zero-order valence-electron chi connectivity index (χ0n) is 30.3. The number of carbonyl (C=O) groups excluding carboxylic acids is 1. The fourth-order valence-electron chi connectivity index (χ4n) is 8.44. The monoisotopic (exact) mass is 739 g/mol. The van der Waals surface area contributed by atoms with Crippen LogP contribution in [0.2, 0.25) is 0 Å². The molecule has 2 bridgehead atoms. The third-order valence-electron chi connectivity index (χ3n) is 11.4. The highest BCUT2D eigenvalue weighted by atomic mass is 19.1. The molecule has 54 heavy (non-hydrogen) atoms. The minimum Gasteiger partial charge on any atom is -0.463 e. The number of ether oxygens (including phenoxy) is 2. The molecule has 4 aromatic rings. The molecule has 0 aliphatic carbocycles. The molecule has 8 rings (SSSR count). The van der Waals surface area contributed by atoms with Crippen LogP contribution in [0.4, 0.5) is 19.0 Å². The lowest BCUT2D eigenvalue weighted by molar-refractivity contribution is -0.125. The Morgan fingerprint density at radius 1 is 1.17 bits per heavy atom. The van der Waals surface area contributed by atoms with Gasteiger partial charge in [0.25, 0.3) is 0 Å². The van der Waals surface area contributed by atoms with E-state index in [9.17, 15) is 13.6 Å². The predicted molar refractivity (Wildman–Crippen MR) is 201 cm³/mol. The fourth-order valence-corrected chi connectivity index (χ4v) is 8.44. The normalized spacial score (nSPS) is 24.6. The van der Waals surface area contributed by atoms with Crippen LogP contribution in [0.5, 0.6) is 6.01 Å². The van der Waals surface area contributed by atoms with Crippen molar-refractivity contribution in [2.24, 2.45) is 5.92 Å². The van der Waals surface area contributed by atoms with Gasteiger partial charge in [0.15, 0.2) is 5.82 Å². The number of amides is 1. The number of carbonyl (C=O) groups is 1. The summed E-state index contributed by atoms with van der Waals surface area (Å²) in [5.41, 5.74) is 0.281. The number of halogens is 3. The minimum atomic E-state index is -1.00. The quantitative estimate of drug-likeness (QED) is 0.182. The average Bonchev–Trinajstić information content (AvgIpc) is 3.68. The van der Waals surface area contributed by atoms with Gasteiger partial charge in [0.05, 0.1) is 30.8 Å². The predicted octanol–water partition coefficient (Wildman–Crippen LogP) is 5.28. The summed E-state index contributed by atoms with van der Waals surface area (Å²) in [6, 6.07) is 8.77. The number of pyridine rings is 1. The van der Waals surface area contributed by atoms with E-state index in [0.717, 1.165) is 45.6 Å². The van der Waals surface area contributed by atoms with Crippen LogP contribution in [-0.4, -0.2) is 115 Å². The summed E-state index contributed by atoms with van der Waals surface area (Å²) in [6.45, 7) is 4.41. The Hall–Kier alpha value is -4.77. The Labute approximate surface area is 312 Å². The van der Waals surface area contributed by atoms with Crippen molar-refractivity contribution in [3.63, 3.8) is 0 Å². The number of likely N-dealkylation sites (N-methyl/N-ethyl adjacent to an activating group) is 1. The first-order valence-corrected chi connectivity index (χ1v) is 18.8. The molecule has 4 aliphatic rings. The van der Waals surface area contributed by atoms with E-state index in [-0.39, 0.29) is 47.3 Å². The minimum absolute atomic E-state index is 0.0185. The summed E-state index contributed by atoms with van der Waals surface area (Å²) >= 11 is 0. The molecule has 0 radical (unpaired) electrons. The van der Waals surface area contributed by atoms with E-state index < -0.39 is 17.8 Å². The molecule has 2 aromatic heterocycles. The molecule has 6 heterocycles. The molecule has 0 spiro atoms. The summed E-state index contributed by atoms with van der Waals surface area (Å²) in [5.74, 6) is 1.37. The molecule has 282 valence electrons. The van der Waals surface area contributed by atoms with E-state index in [1.807, 2.05) is 22.9 Å². The molecule has 4 saturated heterocycles. The average molecular weight is 740 g/mol. The molecule has 1 N–H and O–H groups in total. The molecule has 10 nitrogen and oxygen atoms in total. The van der Waals surface area contributed by atoms with Crippen molar-refractivity contribution in [3.8, 4) is 29.6 Å². The van der Waals surface area contributed by atoms with E-state index in [2.05, 4.69) is 26.1 Å². The second-order valence-electron chi connectivity index (χ2n) is 14.9. The van der Waals surface area contributed by atoms with Gasteiger partial charge in [-0.25, -0.2) is 13.2 Å². The standard InChI is InChI=1S/C41H44F3N7O3/c1-3-31-34(43)12-11-26-8-4-9-32(36(26)31)38-37(44)39-33(20-46-38)40(48-41(47-39)54-22-25-7-5-14-45-19-27(42)17-25)49(2)28-13-16-50(21-28)35(52)10-6-15-51-29-18-30(51)24-53-23-29/h1,4,6,8-12,20,25,27-30,45H,5,7,13-19,21-24H2,2H3/b10-6+/t25?,27-,28-,29?,30?/m1/s1. The van der Waals surface area contributed by atoms with Gasteiger partial charge in [0, 0.05) is 74.6 Å². The lowest BCUT2D eigenvalue weighted by atomic mass is 9.91. The lowest BCUT2D eigenvalue weighted by Crippen LogP contribution is -2.63. The maximum absolute atomic E-state index is 16.9. The fraction of sp³-hybridized carbons (Fsp3) is 0.463. The Morgan fingerprint density at radius 3 is 2.83 bits per heavy atom. The Morgan fingerprint density at radius 2 is 2.02 bits per heavy atom. The highest BCUT2D eigenvalue weighted by Gasteiger charge is 2.41. The first-order chi connectivity index (χ1) is 26.3. The molecule has 13 heteroatoms. The maximum Gasteiger partial charge on any atom is 0.319 e. The van der Waals surface area contributed by atoms with E-state index in [0.29, 0.717) is 72.1 Å². The van der Waals surface area contributed by atoms with Gasteiger partial charge in [-0.05, 0) is 56.0 Å². The second-order valence-corrected chi connectivity index (χ2v) is 14.9. The third kappa shape index (κ3) is 7.10. The summed E-state index contributed by atoms with van der Waals surface area (Å²) in [6.07, 6.45) is 13.6. The zero-order chi connectivity index (χ0) is 37.3. The number of anilines is 1. The topological polar surface area (TPSA) is 96.0 Å². The second kappa shape index (κ2) is 15.5. The van der Waals surface area contributed by atoms with Crippen molar-refractivity contribution in [3.05, 3.63) is 65.9 Å². The molecular weight excluding hydrogens is 695 g/mol. The first-order valence-electron chi connectivity index (χ1n) is 18.8. The third-order valence-corrected chi connectivity index (χ3v) is 11.4. The van der Waals surface area contributed by atoms with Crippen LogP contribution in [0.25, 0.3) is 32.9 Å². The molecular formula is C41H44F3N7O3. The number of likely N-dealkylation sites (tertiary alicyclic amines) is 1. The molecule has 0 saturated carbocycles. The Bertz CT molecular complexity index is 2110. The van der Waals surface area contributed by atoms with Crippen LogP contribution in [-0.2, 0) is 9.53 Å². The van der Waals surface area contributed by atoms with Crippen molar-refractivity contribution in [2.75, 3.05) is 64.5 Å². The molecule has 1 amide bonds. The maximum atomic E-state index is 16.9. The zero-order valence-corrected chi connectivity index (χ0v) is 30.3. The Balaban J connectivity index is 1.09. The van der Waals surface area contributed by atoms with Gasteiger partial charge in [-0.15, -0.1) is 6.42 Å². The number of terminal acetylenes is 1. The SMILES string of the molecule is C#Cc1c(F)ccc2cccc(-c3ncc4c(N(C)[C@@H]5CCN(C(=O)/C=C/CN6C7COCC6C7)C5)nc(OCC5CCCNC[C@H](F)C5)nc4c3F)c12. The number of nitrogens with zero attached hydrogens (tertiary/aromatic N) is 6. The van der Waals surface area contributed by atoms with Crippen molar-refractivity contribution < 1.29 is 27.4 Å². The van der Waals surface area contributed by atoms with Crippen LogP contribution in [0.3, 0.4) is 0 Å². The number of fused-ring (bicyclic) bond motifs is 4. The van der Waals surface area contributed by atoms with Gasteiger partial charge >= 0.3 is 6.01 Å². The number of nitrogens with one attached hydrogen (secondary N) is 1. The molecule has 4 fully saturated rings. The highest BCUT2D eigenvalue weighted by Crippen LogP contribution is 2.37. The largest absolute Gasteiger partial charge is 0.463 e. The number of aromatic nitrogens is 3. The van der Waals surface area contributed by atoms with Crippen LogP contribution in [0, 0.1) is 29.9 Å². The molecule has 5 atom stereocenters. The highest BCUT2D eigenvalue weighted by molar-refractivity contribution is 6.02. The van der Waals surface area contributed by atoms with E-state index in [1.54, 1.807) is 30.3 Å². The van der Waals surface area contributed by atoms with Gasteiger partial charge in [0.1, 0.15) is 29.0 Å². The van der Waals surface area contributed by atoms with Crippen LogP contribution >= 0.6 is 0 Å². The smallest absolute Gasteiger partial charge is 0.319 e.